The number of nitrogens with zero attached hydrogens (tertiary/aromatic N) is 6. The summed E-state index contributed by atoms with van der Waals surface area (Å²) in [5.74, 6) is 0.617. The highest BCUT2D eigenvalue weighted by Crippen LogP contribution is 2.33. The molecule has 4 rings (SSSR count). The number of amides is 1. The summed E-state index contributed by atoms with van der Waals surface area (Å²) in [4.78, 5) is 34.1. The lowest BCUT2D eigenvalue weighted by Crippen LogP contribution is -2.31. The third kappa shape index (κ3) is 3.93. The molecule has 1 unspecified atom stereocenters. The topological polar surface area (TPSA) is 99.6 Å². The molecule has 0 aromatic carbocycles. The van der Waals surface area contributed by atoms with E-state index < -0.39 is 0 Å². The van der Waals surface area contributed by atoms with Crippen molar-refractivity contribution in [1.82, 2.24) is 34.2 Å². The maximum absolute atomic E-state index is 13.1. The fourth-order valence-electron chi connectivity index (χ4n) is 3.47. The van der Waals surface area contributed by atoms with Gasteiger partial charge in [-0.25, -0.2) is 14.6 Å². The van der Waals surface area contributed by atoms with Gasteiger partial charge in [-0.3, -0.25) is 14.2 Å². The van der Waals surface area contributed by atoms with Gasteiger partial charge in [0.05, 0.1) is 24.1 Å². The molecule has 9 nitrogen and oxygen atoms in total. The normalized spacial score (nSPS) is 16.3. The molecule has 1 amide bonds. The molecule has 3 aromatic rings. The third-order valence-corrected chi connectivity index (χ3v) is 6.00. The van der Waals surface area contributed by atoms with Crippen LogP contribution in [0.25, 0.3) is 11.0 Å². The molecule has 0 aliphatic carbocycles. The predicted molar refractivity (Wildman–Crippen MR) is 111 cm³/mol. The minimum absolute atomic E-state index is 0.0496. The van der Waals surface area contributed by atoms with Crippen molar-refractivity contribution in [1.29, 1.82) is 0 Å². The van der Waals surface area contributed by atoms with Crippen LogP contribution in [0.1, 0.15) is 39.7 Å². The van der Waals surface area contributed by atoms with Crippen molar-refractivity contribution in [2.24, 2.45) is 0 Å². The van der Waals surface area contributed by atoms with Crippen LogP contribution in [0.4, 0.5) is 0 Å². The van der Waals surface area contributed by atoms with Crippen molar-refractivity contribution in [3.63, 3.8) is 0 Å². The standard InChI is InChI=1S/C19H25N7O2S/c1-19(2,3)26-16-14(10-22-26)17(28)25-13(11-29-18(25)23-16)9-15(27)21-5-4-7-24-8-6-20-12-24/h6,8,10,12-13H,4-5,7,9,11H2,1-3H3,(H,21,27). The van der Waals surface area contributed by atoms with E-state index >= 15 is 0 Å². The first-order valence-corrected chi connectivity index (χ1v) is 10.7. The van der Waals surface area contributed by atoms with Crippen molar-refractivity contribution in [2.75, 3.05) is 12.3 Å². The zero-order valence-corrected chi connectivity index (χ0v) is 17.6. The summed E-state index contributed by atoms with van der Waals surface area (Å²) in [6.45, 7) is 7.48. The fourth-order valence-corrected chi connectivity index (χ4v) is 4.60. The van der Waals surface area contributed by atoms with E-state index in [4.69, 9.17) is 4.98 Å². The minimum Gasteiger partial charge on any atom is -0.356 e. The number of aryl methyl sites for hydroxylation is 1. The number of hydrogen-bond donors (Lipinski definition) is 1. The van der Waals surface area contributed by atoms with Crippen LogP contribution < -0.4 is 10.9 Å². The second-order valence-corrected chi connectivity index (χ2v) is 9.19. The number of carbonyl (C=O) groups is 1. The Morgan fingerprint density at radius 1 is 1.38 bits per heavy atom. The summed E-state index contributed by atoms with van der Waals surface area (Å²) < 4.78 is 5.42. The maximum atomic E-state index is 13.1. The molecule has 0 fully saturated rings. The lowest BCUT2D eigenvalue weighted by atomic mass is 10.1. The van der Waals surface area contributed by atoms with E-state index in [1.54, 1.807) is 28.0 Å². The van der Waals surface area contributed by atoms with E-state index in [1.807, 2.05) is 31.5 Å². The van der Waals surface area contributed by atoms with E-state index in [0.29, 0.717) is 28.5 Å². The van der Waals surface area contributed by atoms with Crippen molar-refractivity contribution in [2.45, 2.75) is 56.9 Å². The molecule has 4 heterocycles. The summed E-state index contributed by atoms with van der Waals surface area (Å²) in [6, 6.07) is -0.189. The highest BCUT2D eigenvalue weighted by Gasteiger charge is 2.30. The molecular formula is C19H25N7O2S. The van der Waals surface area contributed by atoms with E-state index in [-0.39, 0.29) is 29.5 Å². The summed E-state index contributed by atoms with van der Waals surface area (Å²) >= 11 is 1.52. The number of nitrogens with one attached hydrogen (secondary N) is 1. The Labute approximate surface area is 172 Å². The molecule has 0 spiro atoms. The highest BCUT2D eigenvalue weighted by molar-refractivity contribution is 7.99. The third-order valence-electron chi connectivity index (χ3n) is 4.90. The average molecular weight is 416 g/mol. The van der Waals surface area contributed by atoms with E-state index in [9.17, 15) is 9.59 Å². The van der Waals surface area contributed by atoms with Crippen molar-refractivity contribution < 1.29 is 4.79 Å². The molecule has 0 bridgehead atoms. The number of aromatic nitrogens is 6. The number of fused-ring (bicyclic) bond motifs is 2. The maximum Gasteiger partial charge on any atom is 0.265 e. The van der Waals surface area contributed by atoms with Crippen LogP contribution >= 0.6 is 11.8 Å². The zero-order chi connectivity index (χ0) is 20.6. The van der Waals surface area contributed by atoms with Crippen LogP contribution in [-0.2, 0) is 16.9 Å². The van der Waals surface area contributed by atoms with Gasteiger partial charge in [0.25, 0.3) is 5.56 Å². The minimum atomic E-state index is -0.265. The summed E-state index contributed by atoms with van der Waals surface area (Å²) in [7, 11) is 0. The summed E-state index contributed by atoms with van der Waals surface area (Å²) in [5, 5.41) is 8.48. The molecule has 1 aliphatic heterocycles. The molecular weight excluding hydrogens is 390 g/mol. The molecule has 0 saturated heterocycles. The van der Waals surface area contributed by atoms with Gasteiger partial charge in [-0.15, -0.1) is 0 Å². The van der Waals surface area contributed by atoms with Gasteiger partial charge in [0, 0.05) is 37.7 Å². The van der Waals surface area contributed by atoms with Crippen molar-refractivity contribution >= 4 is 28.7 Å². The van der Waals surface area contributed by atoms with Crippen LogP contribution in [0, 0.1) is 0 Å². The van der Waals surface area contributed by atoms with E-state index in [2.05, 4.69) is 15.4 Å². The molecule has 0 saturated carbocycles. The van der Waals surface area contributed by atoms with Gasteiger partial charge in [-0.2, -0.15) is 5.10 Å². The Bertz CT molecular complexity index is 1080. The second kappa shape index (κ2) is 7.66. The molecule has 29 heavy (non-hydrogen) atoms. The number of thioether (sulfide) groups is 1. The van der Waals surface area contributed by atoms with Crippen LogP contribution in [0.3, 0.4) is 0 Å². The lowest BCUT2D eigenvalue weighted by Gasteiger charge is -2.20. The Morgan fingerprint density at radius 3 is 2.93 bits per heavy atom. The number of hydrogen-bond acceptors (Lipinski definition) is 6. The Kier molecular flexibility index (Phi) is 5.20. The van der Waals surface area contributed by atoms with Crippen LogP contribution in [0.5, 0.6) is 0 Å². The SMILES string of the molecule is CC(C)(C)n1ncc2c(=O)n3c(nc21)SCC3CC(=O)NCCCn1ccnc1. The van der Waals surface area contributed by atoms with Crippen LogP contribution in [-0.4, -0.2) is 47.1 Å². The average Bonchev–Trinajstić information content (AvgIpc) is 3.38. The lowest BCUT2D eigenvalue weighted by molar-refractivity contribution is -0.121. The first-order valence-electron chi connectivity index (χ1n) is 9.70. The smallest absolute Gasteiger partial charge is 0.265 e. The number of rotatable bonds is 6. The Hall–Kier alpha value is -2.62. The molecule has 3 aromatic heterocycles. The zero-order valence-electron chi connectivity index (χ0n) is 16.8. The van der Waals surface area contributed by atoms with Crippen LogP contribution in [0.15, 0.2) is 34.9 Å². The number of carbonyl (C=O) groups excluding carboxylic acids is 1. The van der Waals surface area contributed by atoms with Crippen molar-refractivity contribution in [3.8, 4) is 0 Å². The largest absolute Gasteiger partial charge is 0.356 e. The molecule has 1 atom stereocenters. The Balaban J connectivity index is 1.44. The first-order chi connectivity index (χ1) is 13.8. The Morgan fingerprint density at radius 2 is 2.21 bits per heavy atom. The molecule has 1 N–H and O–H groups in total. The second-order valence-electron chi connectivity index (χ2n) is 8.21. The van der Waals surface area contributed by atoms with Crippen LogP contribution in [0.2, 0.25) is 0 Å². The van der Waals surface area contributed by atoms with Crippen molar-refractivity contribution in [3.05, 3.63) is 35.3 Å². The molecule has 1 aliphatic rings. The summed E-state index contributed by atoms with van der Waals surface area (Å²) in [5.41, 5.74) is 0.216. The molecule has 10 heteroatoms. The van der Waals surface area contributed by atoms with Gasteiger partial charge >= 0.3 is 0 Å². The van der Waals surface area contributed by atoms with E-state index in [0.717, 1.165) is 13.0 Å². The monoisotopic (exact) mass is 415 g/mol. The van der Waals surface area contributed by atoms with Gasteiger partial charge in [0.1, 0.15) is 5.39 Å². The number of imidazole rings is 1. The van der Waals surface area contributed by atoms with Gasteiger partial charge in [-0.1, -0.05) is 11.8 Å². The van der Waals surface area contributed by atoms with Gasteiger partial charge in [-0.05, 0) is 27.2 Å². The summed E-state index contributed by atoms with van der Waals surface area (Å²) in [6.07, 6.45) is 8.08. The predicted octanol–water partition coefficient (Wildman–Crippen LogP) is 1.79. The molecule has 0 radical (unpaired) electrons. The quantitative estimate of drug-likeness (QED) is 0.487. The van der Waals surface area contributed by atoms with Gasteiger partial charge in [0.15, 0.2) is 10.8 Å². The van der Waals surface area contributed by atoms with Gasteiger partial charge in [0.2, 0.25) is 5.91 Å². The fraction of sp³-hybridized carbons (Fsp3) is 0.526. The van der Waals surface area contributed by atoms with E-state index in [1.165, 1.54) is 11.8 Å². The highest BCUT2D eigenvalue weighted by atomic mass is 32.2. The first kappa shape index (κ1) is 19.7. The van der Waals surface area contributed by atoms with Gasteiger partial charge < -0.3 is 9.88 Å². The molecule has 154 valence electrons.